The number of ether oxygens (including phenoxy) is 2. The zero-order valence-electron chi connectivity index (χ0n) is 31.3. The molecule has 5 saturated heterocycles. The van der Waals surface area contributed by atoms with Crippen LogP contribution in [0.5, 0.6) is 6.01 Å². The fourth-order valence-electron chi connectivity index (χ4n) is 8.46. The molecule has 9 rings (SSSR count). The molecule has 2 aromatic carbocycles. The summed E-state index contributed by atoms with van der Waals surface area (Å²) < 4.78 is 40.1. The zero-order valence-corrected chi connectivity index (χ0v) is 32.1. The second kappa shape index (κ2) is 17.5. The summed E-state index contributed by atoms with van der Waals surface area (Å²) in [5.41, 5.74) is 0.863. The summed E-state index contributed by atoms with van der Waals surface area (Å²) in [6.07, 6.45) is 11.0. The monoisotopic (exact) mass is 772 g/mol. The van der Waals surface area contributed by atoms with Crippen molar-refractivity contribution in [3.63, 3.8) is 0 Å². The molecule has 11 nitrogen and oxygen atoms in total. The minimum absolute atomic E-state index is 0.00731. The number of piperazine rings is 1. The minimum Gasteiger partial charge on any atom is -0.467 e. The van der Waals surface area contributed by atoms with Crippen LogP contribution in [0.4, 0.5) is 14.6 Å². The molecule has 1 amide bonds. The number of morpholine rings is 1. The number of rotatable bonds is 6. The lowest BCUT2D eigenvalue weighted by molar-refractivity contribution is -0.126. The maximum Gasteiger partial charge on any atom is 0.318 e. The molecule has 290 valence electrons. The van der Waals surface area contributed by atoms with E-state index >= 15 is 4.39 Å². The normalized spacial score (nSPS) is 23.6. The number of benzene rings is 2. The molecule has 5 aliphatic heterocycles. The third-order valence-corrected chi connectivity index (χ3v) is 11.3. The van der Waals surface area contributed by atoms with Gasteiger partial charge in [-0.3, -0.25) is 19.6 Å². The quantitative estimate of drug-likeness (QED) is 0.203. The number of carbonyl (C=O) groups excluding carboxylic acids is 1. The van der Waals surface area contributed by atoms with Crippen LogP contribution < -0.4 is 9.64 Å². The lowest BCUT2D eigenvalue weighted by Gasteiger charge is -2.35. The van der Waals surface area contributed by atoms with Gasteiger partial charge in [0.05, 0.1) is 30.8 Å². The molecule has 7 heterocycles. The van der Waals surface area contributed by atoms with Crippen molar-refractivity contribution < 1.29 is 23.0 Å². The number of aromatic nitrogens is 3. The predicted octanol–water partition coefficient (Wildman–Crippen LogP) is 6.44. The first kappa shape index (κ1) is 38.8. The first-order valence-electron chi connectivity index (χ1n) is 19.1. The summed E-state index contributed by atoms with van der Waals surface area (Å²) in [6, 6.07) is 13.6. The van der Waals surface area contributed by atoms with Crippen LogP contribution >= 0.6 is 11.6 Å². The number of carbonyl (C=O) groups is 1. The summed E-state index contributed by atoms with van der Waals surface area (Å²) in [5.74, 6) is -0.0495. The summed E-state index contributed by atoms with van der Waals surface area (Å²) in [6.45, 7) is 7.99. The summed E-state index contributed by atoms with van der Waals surface area (Å²) in [5, 5.41) is 9.94. The molecule has 0 aliphatic carbocycles. The Balaban J connectivity index is 0.000000331. The lowest BCUT2D eigenvalue weighted by Crippen LogP contribution is -2.48. The molecule has 55 heavy (non-hydrogen) atoms. The van der Waals surface area contributed by atoms with Gasteiger partial charge in [-0.1, -0.05) is 48.0 Å². The average molecular weight is 773 g/mol. The summed E-state index contributed by atoms with van der Waals surface area (Å²) >= 11 is 6.53. The first-order chi connectivity index (χ1) is 26.8. The molecule has 4 atom stereocenters. The van der Waals surface area contributed by atoms with Gasteiger partial charge in [0.1, 0.15) is 23.2 Å². The van der Waals surface area contributed by atoms with E-state index < -0.39 is 12.0 Å². The van der Waals surface area contributed by atoms with Crippen molar-refractivity contribution in [1.82, 2.24) is 29.7 Å². The molecule has 2 bridgehead atoms. The van der Waals surface area contributed by atoms with E-state index in [9.17, 15) is 9.18 Å². The van der Waals surface area contributed by atoms with Gasteiger partial charge >= 0.3 is 6.01 Å². The standard InChI is InChI=1S/C32H32ClFN6O3.C7H12FN.C2H3N/c1-42-32-36-30-24(17-35-29(28(30)34)23-7-2-5-20-6-3-8-25(33)27(20)23)31(37-32)40-15-13-39(14-16-40)26(41)9-4-12-38-18-21-10-11-22(19-38)43-21;8-6-4-7-2-1-3-9(7)5-6;1-2-3/h2-9,17,21-22H,10-16,18-19H2,1H3;6-7H,1-5H2;1H3/b9-4+;;. The number of likely N-dealkylation sites (tertiary alicyclic amines) is 1. The molecule has 0 N–H and O–H groups in total. The number of hydrogen-bond donors (Lipinski definition) is 0. The average Bonchev–Trinajstić information content (AvgIpc) is 3.89. The number of alkyl halides is 1. The molecule has 0 saturated carbocycles. The van der Waals surface area contributed by atoms with E-state index in [2.05, 4.69) is 24.8 Å². The lowest BCUT2D eigenvalue weighted by atomic mass is 10.0. The summed E-state index contributed by atoms with van der Waals surface area (Å²) in [7, 11) is 1.46. The Kier molecular flexibility index (Phi) is 12.4. The van der Waals surface area contributed by atoms with Gasteiger partial charge in [0.2, 0.25) is 5.91 Å². The molecule has 5 fully saturated rings. The van der Waals surface area contributed by atoms with Crippen molar-refractivity contribution in [3.8, 4) is 23.3 Å². The molecule has 4 aromatic rings. The van der Waals surface area contributed by atoms with Crippen LogP contribution in [0.3, 0.4) is 0 Å². The Hall–Kier alpha value is -4.48. The smallest absolute Gasteiger partial charge is 0.318 e. The molecular formula is C41H47ClF2N8O3. The van der Waals surface area contributed by atoms with E-state index in [1.54, 1.807) is 30.5 Å². The van der Waals surface area contributed by atoms with Gasteiger partial charge in [0.25, 0.3) is 0 Å². The third kappa shape index (κ3) is 8.68. The van der Waals surface area contributed by atoms with Crippen molar-refractivity contribution in [3.05, 3.63) is 65.6 Å². The third-order valence-electron chi connectivity index (χ3n) is 11.0. The van der Waals surface area contributed by atoms with Gasteiger partial charge in [-0.05, 0) is 50.1 Å². The fraction of sp³-hybridized carbons (Fsp3) is 0.488. The molecule has 2 aromatic heterocycles. The van der Waals surface area contributed by atoms with Gasteiger partial charge in [0.15, 0.2) is 5.82 Å². The number of nitrogens with zero attached hydrogens (tertiary/aromatic N) is 8. The second-order valence-electron chi connectivity index (χ2n) is 14.6. The van der Waals surface area contributed by atoms with Crippen molar-refractivity contribution in [1.29, 1.82) is 5.26 Å². The minimum atomic E-state index is -0.570. The molecule has 5 aliphatic rings. The number of hydrogen-bond acceptors (Lipinski definition) is 10. The van der Waals surface area contributed by atoms with Gasteiger partial charge in [-0.2, -0.15) is 15.2 Å². The Morgan fingerprint density at radius 3 is 2.49 bits per heavy atom. The van der Waals surface area contributed by atoms with E-state index in [1.807, 2.05) is 40.1 Å². The Labute approximate surface area is 325 Å². The Morgan fingerprint density at radius 2 is 1.78 bits per heavy atom. The number of methoxy groups -OCH3 is 1. The number of pyridine rings is 1. The van der Waals surface area contributed by atoms with Crippen LogP contribution in [-0.2, 0) is 9.53 Å². The summed E-state index contributed by atoms with van der Waals surface area (Å²) in [4.78, 5) is 34.9. The van der Waals surface area contributed by atoms with Crippen LogP contribution in [0.25, 0.3) is 32.9 Å². The number of anilines is 1. The van der Waals surface area contributed by atoms with Crippen molar-refractivity contribution in [2.75, 3.05) is 70.9 Å². The van der Waals surface area contributed by atoms with Gasteiger partial charge < -0.3 is 19.3 Å². The van der Waals surface area contributed by atoms with E-state index in [0.29, 0.717) is 72.8 Å². The van der Waals surface area contributed by atoms with Crippen LogP contribution in [0.2, 0.25) is 5.02 Å². The maximum atomic E-state index is 16.2. The Morgan fingerprint density at radius 1 is 1.05 bits per heavy atom. The van der Waals surface area contributed by atoms with Crippen LogP contribution in [0.1, 0.15) is 39.0 Å². The van der Waals surface area contributed by atoms with E-state index in [-0.39, 0.29) is 23.1 Å². The second-order valence-corrected chi connectivity index (χ2v) is 15.0. The van der Waals surface area contributed by atoms with Crippen LogP contribution in [-0.4, -0.2) is 126 Å². The van der Waals surface area contributed by atoms with Gasteiger partial charge in [-0.25, -0.2) is 8.78 Å². The maximum absolute atomic E-state index is 16.2. The predicted molar refractivity (Wildman–Crippen MR) is 209 cm³/mol. The van der Waals surface area contributed by atoms with E-state index in [1.165, 1.54) is 26.9 Å². The van der Waals surface area contributed by atoms with Gasteiger partial charge in [-0.15, -0.1) is 0 Å². The number of fused-ring (bicyclic) bond motifs is 5. The number of amides is 1. The zero-order chi connectivity index (χ0) is 38.5. The highest BCUT2D eigenvalue weighted by Crippen LogP contribution is 2.37. The largest absolute Gasteiger partial charge is 0.467 e. The molecule has 4 unspecified atom stereocenters. The molecule has 14 heteroatoms. The van der Waals surface area contributed by atoms with Crippen LogP contribution in [0.15, 0.2) is 54.7 Å². The van der Waals surface area contributed by atoms with Crippen molar-refractivity contribution >= 4 is 45.0 Å². The first-order valence-corrected chi connectivity index (χ1v) is 19.5. The van der Waals surface area contributed by atoms with Gasteiger partial charge in [0, 0.05) is 93.6 Å². The highest BCUT2D eigenvalue weighted by atomic mass is 35.5. The molecule has 0 spiro atoms. The van der Waals surface area contributed by atoms with Crippen molar-refractivity contribution in [2.24, 2.45) is 0 Å². The van der Waals surface area contributed by atoms with Crippen LogP contribution in [0, 0.1) is 17.1 Å². The Bertz CT molecular complexity index is 2040. The highest BCUT2D eigenvalue weighted by molar-refractivity contribution is 6.36. The van der Waals surface area contributed by atoms with Crippen molar-refractivity contribution in [2.45, 2.75) is 63.4 Å². The molecule has 0 radical (unpaired) electrons. The highest BCUT2D eigenvalue weighted by Gasteiger charge is 2.35. The SMILES string of the molecule is CC#N.COc1nc(N2CCN(C(=O)/C=C/CN3CC4CCC(C3)O4)CC2)c2cnc(-c3cccc4cccc(Cl)c34)c(F)c2n1.FC1CC2CCCN2C1. The topological polar surface area (TPSA) is 111 Å². The fourth-order valence-corrected chi connectivity index (χ4v) is 8.74. The molecular weight excluding hydrogens is 726 g/mol. The number of nitriles is 1. The number of halogens is 3. The van der Waals surface area contributed by atoms with E-state index in [4.69, 9.17) is 26.3 Å². The van der Waals surface area contributed by atoms with E-state index in [0.717, 1.165) is 56.2 Å².